The van der Waals surface area contributed by atoms with Crippen LogP contribution >= 0.6 is 11.6 Å². The summed E-state index contributed by atoms with van der Waals surface area (Å²) in [7, 11) is 1.31. The van der Waals surface area contributed by atoms with Gasteiger partial charge in [-0.2, -0.15) is 15.0 Å². The van der Waals surface area contributed by atoms with Crippen LogP contribution in [0.1, 0.15) is 10.4 Å². The van der Waals surface area contributed by atoms with Crippen molar-refractivity contribution in [1.29, 1.82) is 0 Å². The molecule has 0 unspecified atom stereocenters. The molecule has 0 aliphatic carbocycles. The number of rotatable bonds is 2. The Hall–Kier alpha value is -1.88. The first kappa shape index (κ1) is 10.6. The first-order valence-electron chi connectivity index (χ1n) is 4.47. The summed E-state index contributed by atoms with van der Waals surface area (Å²) in [5.74, 6) is -0.468. The van der Waals surface area contributed by atoms with Crippen LogP contribution in [0.3, 0.4) is 0 Å². The van der Waals surface area contributed by atoms with Gasteiger partial charge in [0.25, 0.3) is 0 Å². The van der Waals surface area contributed by atoms with Gasteiger partial charge in [-0.3, -0.25) is 0 Å². The van der Waals surface area contributed by atoms with Crippen LogP contribution in [0.25, 0.3) is 5.69 Å². The lowest BCUT2D eigenvalue weighted by molar-refractivity contribution is 0.0601. The van der Waals surface area contributed by atoms with Crippen molar-refractivity contribution in [3.63, 3.8) is 0 Å². The molecule has 5 nitrogen and oxygen atoms in total. The normalized spacial score (nSPS) is 10.1. The van der Waals surface area contributed by atoms with Crippen molar-refractivity contribution in [3.8, 4) is 5.69 Å². The van der Waals surface area contributed by atoms with Gasteiger partial charge in [0, 0.05) is 0 Å². The molecule has 2 rings (SSSR count). The molecule has 0 atom stereocenters. The summed E-state index contributed by atoms with van der Waals surface area (Å²) in [5, 5.41) is 8.21. The largest absolute Gasteiger partial charge is 0.465 e. The average Bonchev–Trinajstić information content (AvgIpc) is 2.81. The fourth-order valence-corrected chi connectivity index (χ4v) is 1.50. The predicted molar refractivity (Wildman–Crippen MR) is 57.7 cm³/mol. The fourth-order valence-electron chi connectivity index (χ4n) is 1.25. The molecule has 0 bridgehead atoms. The van der Waals surface area contributed by atoms with Gasteiger partial charge in [0.1, 0.15) is 0 Å². The molecule has 6 heteroatoms. The second-order valence-electron chi connectivity index (χ2n) is 2.97. The van der Waals surface area contributed by atoms with Gasteiger partial charge in [0.2, 0.25) is 0 Å². The van der Waals surface area contributed by atoms with E-state index in [9.17, 15) is 4.79 Å². The number of methoxy groups -OCH3 is 1. The molecule has 2 aromatic rings. The fraction of sp³-hybridized carbons (Fsp3) is 0.100. The zero-order valence-electron chi connectivity index (χ0n) is 8.42. The van der Waals surface area contributed by atoms with Crippen molar-refractivity contribution in [3.05, 3.63) is 41.2 Å². The van der Waals surface area contributed by atoms with Crippen LogP contribution in [-0.4, -0.2) is 28.1 Å². The predicted octanol–water partition coefficient (Wildman–Crippen LogP) is 1.71. The first-order chi connectivity index (χ1) is 7.72. The van der Waals surface area contributed by atoms with Crippen LogP contribution in [0.15, 0.2) is 30.6 Å². The van der Waals surface area contributed by atoms with E-state index in [0.717, 1.165) is 0 Å². The number of carbonyl (C=O) groups excluding carboxylic acids is 1. The van der Waals surface area contributed by atoms with Gasteiger partial charge in [-0.25, -0.2) is 4.79 Å². The molecule has 0 fully saturated rings. The van der Waals surface area contributed by atoms with Crippen molar-refractivity contribution in [2.75, 3.05) is 7.11 Å². The van der Waals surface area contributed by atoms with E-state index < -0.39 is 5.97 Å². The van der Waals surface area contributed by atoms with Crippen LogP contribution in [0.2, 0.25) is 5.02 Å². The standard InChI is InChI=1S/C10H8ClN3O2/c1-16-10(15)8-3-2-7(6-9(8)11)14-12-4-5-13-14/h2-6H,1H3. The molecule has 0 saturated heterocycles. The van der Waals surface area contributed by atoms with Crippen molar-refractivity contribution < 1.29 is 9.53 Å². The molecule has 0 spiro atoms. The molecular formula is C10H8ClN3O2. The van der Waals surface area contributed by atoms with Crippen LogP contribution in [-0.2, 0) is 4.74 Å². The third-order valence-electron chi connectivity index (χ3n) is 2.01. The molecule has 0 aliphatic heterocycles. The van der Waals surface area contributed by atoms with Gasteiger partial charge in [-0.05, 0) is 18.2 Å². The molecule has 0 amide bonds. The molecule has 82 valence electrons. The molecule has 0 N–H and O–H groups in total. The summed E-state index contributed by atoms with van der Waals surface area (Å²) < 4.78 is 4.59. The Labute approximate surface area is 96.6 Å². The van der Waals surface area contributed by atoms with Crippen LogP contribution in [0.5, 0.6) is 0 Å². The van der Waals surface area contributed by atoms with E-state index >= 15 is 0 Å². The van der Waals surface area contributed by atoms with E-state index in [0.29, 0.717) is 16.3 Å². The number of benzene rings is 1. The maximum absolute atomic E-state index is 11.3. The maximum Gasteiger partial charge on any atom is 0.339 e. The van der Waals surface area contributed by atoms with E-state index in [2.05, 4.69) is 14.9 Å². The minimum Gasteiger partial charge on any atom is -0.465 e. The second-order valence-corrected chi connectivity index (χ2v) is 3.38. The highest BCUT2D eigenvalue weighted by Crippen LogP contribution is 2.20. The smallest absolute Gasteiger partial charge is 0.339 e. The van der Waals surface area contributed by atoms with Crippen molar-refractivity contribution in [1.82, 2.24) is 15.0 Å². The molecule has 16 heavy (non-hydrogen) atoms. The van der Waals surface area contributed by atoms with Gasteiger partial charge >= 0.3 is 5.97 Å². The summed E-state index contributed by atoms with van der Waals surface area (Å²) in [6.07, 6.45) is 3.12. The Morgan fingerprint density at radius 3 is 2.62 bits per heavy atom. The SMILES string of the molecule is COC(=O)c1ccc(-n2nccn2)cc1Cl. The van der Waals surface area contributed by atoms with E-state index in [4.69, 9.17) is 11.6 Å². The minimum absolute atomic E-state index is 0.307. The lowest BCUT2D eigenvalue weighted by Crippen LogP contribution is -2.04. The minimum atomic E-state index is -0.468. The molecule has 1 heterocycles. The van der Waals surface area contributed by atoms with Crippen molar-refractivity contribution in [2.45, 2.75) is 0 Å². The van der Waals surface area contributed by atoms with Crippen LogP contribution < -0.4 is 0 Å². The van der Waals surface area contributed by atoms with Gasteiger partial charge < -0.3 is 4.74 Å². The topological polar surface area (TPSA) is 57.0 Å². The first-order valence-corrected chi connectivity index (χ1v) is 4.84. The van der Waals surface area contributed by atoms with Crippen molar-refractivity contribution in [2.24, 2.45) is 0 Å². The molecule has 1 aromatic heterocycles. The average molecular weight is 238 g/mol. The number of carbonyl (C=O) groups is 1. The number of aromatic nitrogens is 3. The van der Waals surface area contributed by atoms with E-state index in [1.54, 1.807) is 30.6 Å². The zero-order chi connectivity index (χ0) is 11.5. The monoisotopic (exact) mass is 237 g/mol. The Balaban J connectivity index is 2.41. The highest BCUT2D eigenvalue weighted by atomic mass is 35.5. The number of ether oxygens (including phenoxy) is 1. The van der Waals surface area contributed by atoms with Gasteiger partial charge in [0.05, 0.1) is 35.8 Å². The third-order valence-corrected chi connectivity index (χ3v) is 2.32. The number of hydrogen-bond donors (Lipinski definition) is 0. The lowest BCUT2D eigenvalue weighted by atomic mass is 10.2. The molecule has 1 aromatic carbocycles. The maximum atomic E-state index is 11.3. The highest BCUT2D eigenvalue weighted by molar-refractivity contribution is 6.33. The summed E-state index contributed by atoms with van der Waals surface area (Å²) >= 11 is 5.95. The van der Waals surface area contributed by atoms with Gasteiger partial charge in [0.15, 0.2) is 0 Å². The Morgan fingerprint density at radius 2 is 2.06 bits per heavy atom. The summed E-state index contributed by atoms with van der Waals surface area (Å²) in [6.45, 7) is 0. The summed E-state index contributed by atoms with van der Waals surface area (Å²) in [4.78, 5) is 12.7. The van der Waals surface area contributed by atoms with E-state index in [-0.39, 0.29) is 0 Å². The lowest BCUT2D eigenvalue weighted by Gasteiger charge is -2.04. The zero-order valence-corrected chi connectivity index (χ0v) is 9.18. The highest BCUT2D eigenvalue weighted by Gasteiger charge is 2.11. The number of hydrogen-bond acceptors (Lipinski definition) is 4. The molecule has 0 aliphatic rings. The summed E-state index contributed by atoms with van der Waals surface area (Å²) in [6, 6.07) is 4.87. The third kappa shape index (κ3) is 1.90. The summed E-state index contributed by atoms with van der Waals surface area (Å²) in [5.41, 5.74) is 1.00. The molecule has 0 radical (unpaired) electrons. The van der Waals surface area contributed by atoms with E-state index in [1.807, 2.05) is 0 Å². The van der Waals surface area contributed by atoms with Gasteiger partial charge in [-0.1, -0.05) is 11.6 Å². The van der Waals surface area contributed by atoms with Gasteiger partial charge in [-0.15, -0.1) is 0 Å². The molecule has 0 saturated carbocycles. The Morgan fingerprint density at radius 1 is 1.38 bits per heavy atom. The second kappa shape index (κ2) is 4.32. The number of esters is 1. The Bertz CT molecular complexity index is 511. The number of nitrogens with zero attached hydrogens (tertiary/aromatic N) is 3. The molecular weight excluding hydrogens is 230 g/mol. The quantitative estimate of drug-likeness (QED) is 0.746. The van der Waals surface area contributed by atoms with Crippen LogP contribution in [0.4, 0.5) is 0 Å². The Kier molecular flexibility index (Phi) is 2.87. The van der Waals surface area contributed by atoms with Crippen molar-refractivity contribution >= 4 is 17.6 Å². The van der Waals surface area contributed by atoms with Crippen LogP contribution in [0, 0.1) is 0 Å². The number of halogens is 1. The van der Waals surface area contributed by atoms with E-state index in [1.165, 1.54) is 11.9 Å².